The second-order valence-electron chi connectivity index (χ2n) is 6.91. The molecule has 0 atom stereocenters. The van der Waals surface area contributed by atoms with Gasteiger partial charge >= 0.3 is 0 Å². The minimum absolute atomic E-state index is 0.114. The average molecular weight is 366 g/mol. The standard InChI is InChI=1S/C25H18O3/c26-22-13-11-19-20-15-16-25(17-7-3-1-4-8-17,18-9-5-2-6-10-18)28-23(20)14-12-21(19)24(22)27/h1-16,26-27H. The van der Waals surface area contributed by atoms with E-state index < -0.39 is 5.60 Å². The summed E-state index contributed by atoms with van der Waals surface area (Å²) in [6.07, 6.45) is 4.10. The van der Waals surface area contributed by atoms with Crippen molar-refractivity contribution >= 4 is 16.8 Å². The number of rotatable bonds is 2. The molecule has 2 N–H and O–H groups in total. The number of benzene rings is 4. The first-order valence-electron chi connectivity index (χ1n) is 9.16. The molecule has 0 saturated heterocycles. The van der Waals surface area contributed by atoms with Gasteiger partial charge in [0.2, 0.25) is 0 Å². The Hall–Kier alpha value is -3.72. The van der Waals surface area contributed by atoms with Crippen molar-refractivity contribution in [2.45, 2.75) is 5.60 Å². The Bertz CT molecular complexity index is 1160. The van der Waals surface area contributed by atoms with Crippen LogP contribution in [0.15, 0.2) is 91.0 Å². The molecule has 0 fully saturated rings. The highest BCUT2D eigenvalue weighted by Gasteiger charge is 2.37. The molecule has 1 heterocycles. The third kappa shape index (κ3) is 2.37. The van der Waals surface area contributed by atoms with Crippen LogP contribution in [0.25, 0.3) is 16.8 Å². The van der Waals surface area contributed by atoms with E-state index in [1.807, 2.05) is 48.5 Å². The number of phenols is 2. The lowest BCUT2D eigenvalue weighted by Gasteiger charge is -2.36. The molecule has 136 valence electrons. The van der Waals surface area contributed by atoms with E-state index in [9.17, 15) is 10.2 Å². The summed E-state index contributed by atoms with van der Waals surface area (Å²) in [7, 11) is 0. The van der Waals surface area contributed by atoms with Crippen molar-refractivity contribution in [2.75, 3.05) is 0 Å². The van der Waals surface area contributed by atoms with Gasteiger partial charge in [0.15, 0.2) is 17.1 Å². The SMILES string of the molecule is Oc1ccc2c3c(ccc2c1O)OC(c1ccccc1)(c1ccccc1)C=C3. The predicted octanol–water partition coefficient (Wildman–Crippen LogP) is 5.60. The van der Waals surface area contributed by atoms with Gasteiger partial charge in [0.25, 0.3) is 0 Å². The summed E-state index contributed by atoms with van der Waals surface area (Å²) in [6, 6.07) is 27.2. The molecule has 0 spiro atoms. The van der Waals surface area contributed by atoms with Crippen molar-refractivity contribution in [3.63, 3.8) is 0 Å². The average Bonchev–Trinajstić information content (AvgIpc) is 2.77. The normalized spacial score (nSPS) is 14.4. The van der Waals surface area contributed by atoms with E-state index in [0.717, 1.165) is 27.8 Å². The van der Waals surface area contributed by atoms with Gasteiger partial charge in [-0.25, -0.2) is 0 Å². The number of ether oxygens (including phenoxy) is 1. The lowest BCUT2D eigenvalue weighted by atomic mass is 9.83. The van der Waals surface area contributed by atoms with Gasteiger partial charge in [-0.05, 0) is 41.8 Å². The van der Waals surface area contributed by atoms with E-state index in [2.05, 4.69) is 30.3 Å². The molecule has 3 heteroatoms. The van der Waals surface area contributed by atoms with Crippen molar-refractivity contribution in [3.8, 4) is 17.2 Å². The lowest BCUT2D eigenvalue weighted by Crippen LogP contribution is -2.34. The Morgan fingerprint density at radius 2 is 1.25 bits per heavy atom. The van der Waals surface area contributed by atoms with Crippen molar-refractivity contribution in [2.24, 2.45) is 0 Å². The summed E-state index contributed by atoms with van der Waals surface area (Å²) in [6.45, 7) is 0. The summed E-state index contributed by atoms with van der Waals surface area (Å²) >= 11 is 0. The smallest absolute Gasteiger partial charge is 0.178 e. The van der Waals surface area contributed by atoms with Crippen LogP contribution in [-0.2, 0) is 5.60 Å². The Morgan fingerprint density at radius 1 is 0.643 bits per heavy atom. The van der Waals surface area contributed by atoms with Crippen molar-refractivity contribution < 1.29 is 14.9 Å². The molecule has 4 aromatic rings. The second-order valence-corrected chi connectivity index (χ2v) is 6.91. The van der Waals surface area contributed by atoms with Gasteiger partial charge in [-0.1, -0.05) is 60.7 Å². The maximum absolute atomic E-state index is 10.2. The van der Waals surface area contributed by atoms with Gasteiger partial charge in [0.05, 0.1) is 0 Å². The van der Waals surface area contributed by atoms with Crippen LogP contribution >= 0.6 is 0 Å². The van der Waals surface area contributed by atoms with Gasteiger partial charge in [-0.15, -0.1) is 0 Å². The quantitative estimate of drug-likeness (QED) is 0.454. The largest absolute Gasteiger partial charge is 0.504 e. The van der Waals surface area contributed by atoms with Gasteiger partial charge in [0, 0.05) is 22.1 Å². The number of aromatic hydroxyl groups is 2. The number of phenolic OH excluding ortho intramolecular Hbond substituents is 2. The molecule has 0 aliphatic carbocycles. The summed E-state index contributed by atoms with van der Waals surface area (Å²) in [5.74, 6) is 0.487. The molecule has 0 amide bonds. The lowest BCUT2D eigenvalue weighted by molar-refractivity contribution is 0.161. The minimum Gasteiger partial charge on any atom is -0.504 e. The zero-order valence-electron chi connectivity index (χ0n) is 15.0. The van der Waals surface area contributed by atoms with Crippen LogP contribution < -0.4 is 4.74 Å². The van der Waals surface area contributed by atoms with Gasteiger partial charge in [-0.3, -0.25) is 0 Å². The highest BCUT2D eigenvalue weighted by molar-refractivity contribution is 5.98. The number of fused-ring (bicyclic) bond motifs is 3. The fourth-order valence-corrected chi connectivity index (χ4v) is 3.90. The van der Waals surface area contributed by atoms with Gasteiger partial charge in [-0.2, -0.15) is 0 Å². The van der Waals surface area contributed by atoms with Crippen LogP contribution in [0.2, 0.25) is 0 Å². The predicted molar refractivity (Wildman–Crippen MR) is 111 cm³/mol. The highest BCUT2D eigenvalue weighted by atomic mass is 16.5. The van der Waals surface area contributed by atoms with E-state index in [4.69, 9.17) is 4.74 Å². The molecule has 0 radical (unpaired) electrons. The zero-order chi connectivity index (χ0) is 19.1. The van der Waals surface area contributed by atoms with Gasteiger partial charge in [0.1, 0.15) is 5.75 Å². The Kier molecular flexibility index (Phi) is 3.63. The molecule has 5 rings (SSSR count). The first-order valence-corrected chi connectivity index (χ1v) is 9.16. The summed E-state index contributed by atoms with van der Waals surface area (Å²) in [4.78, 5) is 0. The fraction of sp³-hybridized carbons (Fsp3) is 0.0400. The molecule has 1 aliphatic heterocycles. The first-order chi connectivity index (χ1) is 13.7. The van der Waals surface area contributed by atoms with E-state index in [1.165, 1.54) is 6.07 Å². The topological polar surface area (TPSA) is 49.7 Å². The Morgan fingerprint density at radius 3 is 1.89 bits per heavy atom. The second kappa shape index (κ2) is 6.17. The van der Waals surface area contributed by atoms with E-state index in [0.29, 0.717) is 5.39 Å². The van der Waals surface area contributed by atoms with Crippen LogP contribution in [0.3, 0.4) is 0 Å². The molecular weight excluding hydrogens is 348 g/mol. The third-order valence-corrected chi connectivity index (χ3v) is 5.31. The van der Waals surface area contributed by atoms with E-state index >= 15 is 0 Å². The molecule has 3 nitrogen and oxygen atoms in total. The molecule has 0 bridgehead atoms. The molecule has 0 aromatic heterocycles. The fourth-order valence-electron chi connectivity index (χ4n) is 3.90. The van der Waals surface area contributed by atoms with E-state index in [1.54, 1.807) is 12.1 Å². The van der Waals surface area contributed by atoms with Crippen molar-refractivity contribution in [1.29, 1.82) is 0 Å². The highest BCUT2D eigenvalue weighted by Crippen LogP contribution is 2.46. The monoisotopic (exact) mass is 366 g/mol. The van der Waals surface area contributed by atoms with Gasteiger partial charge < -0.3 is 14.9 Å². The maximum Gasteiger partial charge on any atom is 0.178 e. The molecule has 0 unspecified atom stereocenters. The Labute approximate surface area is 162 Å². The van der Waals surface area contributed by atoms with E-state index in [-0.39, 0.29) is 11.5 Å². The van der Waals surface area contributed by atoms with Crippen LogP contribution in [-0.4, -0.2) is 10.2 Å². The zero-order valence-corrected chi connectivity index (χ0v) is 15.0. The number of hydrogen-bond acceptors (Lipinski definition) is 3. The number of hydrogen-bond donors (Lipinski definition) is 2. The van der Waals surface area contributed by atoms with Crippen LogP contribution in [0.5, 0.6) is 17.2 Å². The summed E-state index contributed by atoms with van der Waals surface area (Å²) in [5.41, 5.74) is 2.23. The van der Waals surface area contributed by atoms with Crippen molar-refractivity contribution in [3.05, 3.63) is 108 Å². The van der Waals surface area contributed by atoms with Crippen molar-refractivity contribution in [1.82, 2.24) is 0 Å². The molecule has 28 heavy (non-hydrogen) atoms. The minimum atomic E-state index is -0.734. The first kappa shape index (κ1) is 16.5. The molecule has 0 saturated carbocycles. The molecule has 1 aliphatic rings. The molecule has 4 aromatic carbocycles. The maximum atomic E-state index is 10.2. The summed E-state index contributed by atoms with van der Waals surface area (Å²) in [5, 5.41) is 21.4. The van der Waals surface area contributed by atoms with Crippen LogP contribution in [0, 0.1) is 0 Å². The Balaban J connectivity index is 1.74. The van der Waals surface area contributed by atoms with Crippen LogP contribution in [0.4, 0.5) is 0 Å². The molecular formula is C25H18O3. The third-order valence-electron chi connectivity index (χ3n) is 5.31. The summed E-state index contributed by atoms with van der Waals surface area (Å²) < 4.78 is 6.64. The van der Waals surface area contributed by atoms with Crippen LogP contribution in [0.1, 0.15) is 16.7 Å².